The third-order valence-corrected chi connectivity index (χ3v) is 4.94. The average molecular weight is 427 g/mol. The monoisotopic (exact) mass is 426 g/mol. The summed E-state index contributed by atoms with van der Waals surface area (Å²) in [7, 11) is 1.65. The molecule has 0 spiro atoms. The van der Waals surface area contributed by atoms with Crippen molar-refractivity contribution in [3.8, 4) is 17.2 Å². The smallest absolute Gasteiger partial charge is 0.163 e. The summed E-state index contributed by atoms with van der Waals surface area (Å²) in [6, 6.07) is 30.0. The summed E-state index contributed by atoms with van der Waals surface area (Å²) in [6.45, 7) is 1.53. The van der Waals surface area contributed by atoms with Gasteiger partial charge in [-0.3, -0.25) is 4.98 Å². The zero-order valence-electron chi connectivity index (χ0n) is 18.1. The van der Waals surface area contributed by atoms with Crippen molar-refractivity contribution in [3.05, 3.63) is 109 Å². The molecular weight excluding hydrogens is 400 g/mol. The second-order valence-electron chi connectivity index (χ2n) is 7.13. The van der Waals surface area contributed by atoms with Crippen LogP contribution < -0.4 is 19.1 Å². The minimum atomic E-state index is 0.405. The molecule has 3 aromatic carbocycles. The summed E-state index contributed by atoms with van der Waals surface area (Å²) in [4.78, 5) is 6.49. The van der Waals surface area contributed by atoms with Gasteiger partial charge in [0, 0.05) is 36.4 Å². The number of hydrogen-bond donors (Lipinski definition) is 0. The van der Waals surface area contributed by atoms with E-state index in [1.807, 2.05) is 79.0 Å². The van der Waals surface area contributed by atoms with E-state index in [0.717, 1.165) is 22.7 Å². The molecule has 0 aliphatic heterocycles. The lowest BCUT2D eigenvalue weighted by molar-refractivity contribution is 0.211. The van der Waals surface area contributed by atoms with Gasteiger partial charge >= 0.3 is 0 Å². The Hall–Kier alpha value is -3.99. The predicted molar refractivity (Wildman–Crippen MR) is 127 cm³/mol. The molecule has 0 radical (unpaired) electrons. The van der Waals surface area contributed by atoms with Crippen LogP contribution in [0, 0.1) is 0 Å². The van der Waals surface area contributed by atoms with Crippen molar-refractivity contribution in [2.45, 2.75) is 6.54 Å². The Morgan fingerprint density at radius 3 is 2.19 bits per heavy atom. The molecular formula is C27H26N2O3. The molecule has 1 aromatic heterocycles. The zero-order valence-corrected chi connectivity index (χ0v) is 18.1. The van der Waals surface area contributed by atoms with E-state index in [-0.39, 0.29) is 0 Å². The standard InChI is InChI=1S/C27H26N2O3/c1-30-26-15-14-24(19-27(26)32-18-17-31-25-12-6-3-7-13-25)29(23-10-4-2-5-11-23)21-22-9-8-16-28-20-22/h2-16,19-20H,17-18,21H2,1H3. The fourth-order valence-corrected chi connectivity index (χ4v) is 3.39. The molecule has 5 heteroatoms. The summed E-state index contributed by atoms with van der Waals surface area (Å²) in [6.07, 6.45) is 3.67. The Bertz CT molecular complexity index is 1090. The van der Waals surface area contributed by atoms with Crippen molar-refractivity contribution in [2.75, 3.05) is 25.2 Å². The van der Waals surface area contributed by atoms with Crippen molar-refractivity contribution in [1.29, 1.82) is 0 Å². The Labute approximate surface area is 188 Å². The van der Waals surface area contributed by atoms with Crippen LogP contribution in [0.25, 0.3) is 0 Å². The largest absolute Gasteiger partial charge is 0.493 e. The molecule has 0 aliphatic rings. The maximum absolute atomic E-state index is 6.04. The van der Waals surface area contributed by atoms with Gasteiger partial charge in [0.2, 0.25) is 0 Å². The number of para-hydroxylation sites is 2. The van der Waals surface area contributed by atoms with Gasteiger partial charge in [0.15, 0.2) is 11.5 Å². The van der Waals surface area contributed by atoms with E-state index in [9.17, 15) is 0 Å². The number of hydrogen-bond acceptors (Lipinski definition) is 5. The number of anilines is 2. The van der Waals surface area contributed by atoms with Gasteiger partial charge in [0.1, 0.15) is 19.0 Å². The Kier molecular flexibility index (Phi) is 7.21. The van der Waals surface area contributed by atoms with Crippen LogP contribution in [0.4, 0.5) is 11.4 Å². The molecule has 162 valence electrons. The van der Waals surface area contributed by atoms with E-state index in [1.165, 1.54) is 0 Å². The number of methoxy groups -OCH3 is 1. The number of pyridine rings is 1. The third-order valence-electron chi connectivity index (χ3n) is 4.94. The highest BCUT2D eigenvalue weighted by molar-refractivity contribution is 5.66. The summed E-state index contributed by atoms with van der Waals surface area (Å²) >= 11 is 0. The van der Waals surface area contributed by atoms with Gasteiger partial charge in [0.25, 0.3) is 0 Å². The molecule has 0 atom stereocenters. The molecule has 0 amide bonds. The van der Waals surface area contributed by atoms with E-state index < -0.39 is 0 Å². The average Bonchev–Trinajstić information content (AvgIpc) is 2.87. The summed E-state index contributed by atoms with van der Waals surface area (Å²) in [5.41, 5.74) is 3.20. The van der Waals surface area contributed by atoms with Crippen LogP contribution in [-0.4, -0.2) is 25.3 Å². The molecule has 0 saturated heterocycles. The minimum absolute atomic E-state index is 0.405. The topological polar surface area (TPSA) is 43.8 Å². The normalized spacial score (nSPS) is 10.4. The fourth-order valence-electron chi connectivity index (χ4n) is 3.39. The van der Waals surface area contributed by atoms with Gasteiger partial charge in [-0.05, 0) is 48.0 Å². The highest BCUT2D eigenvalue weighted by atomic mass is 16.5. The Morgan fingerprint density at radius 2 is 1.47 bits per heavy atom. The van der Waals surface area contributed by atoms with Crippen LogP contribution in [0.2, 0.25) is 0 Å². The molecule has 0 N–H and O–H groups in total. The van der Waals surface area contributed by atoms with Gasteiger partial charge in [-0.15, -0.1) is 0 Å². The maximum atomic E-state index is 6.04. The van der Waals surface area contributed by atoms with E-state index in [4.69, 9.17) is 14.2 Å². The highest BCUT2D eigenvalue weighted by Crippen LogP contribution is 2.35. The van der Waals surface area contributed by atoms with Crippen molar-refractivity contribution in [3.63, 3.8) is 0 Å². The van der Waals surface area contributed by atoms with E-state index in [1.54, 1.807) is 13.3 Å². The molecule has 0 aliphatic carbocycles. The molecule has 32 heavy (non-hydrogen) atoms. The van der Waals surface area contributed by atoms with Gasteiger partial charge in [-0.2, -0.15) is 0 Å². The van der Waals surface area contributed by atoms with Crippen LogP contribution in [0.3, 0.4) is 0 Å². The van der Waals surface area contributed by atoms with E-state index >= 15 is 0 Å². The van der Waals surface area contributed by atoms with Crippen LogP contribution in [-0.2, 0) is 6.54 Å². The third kappa shape index (κ3) is 5.58. The van der Waals surface area contributed by atoms with Gasteiger partial charge < -0.3 is 19.1 Å². The lowest BCUT2D eigenvalue weighted by atomic mass is 10.2. The number of benzene rings is 3. The van der Waals surface area contributed by atoms with Gasteiger partial charge in [-0.25, -0.2) is 0 Å². The number of nitrogens with zero attached hydrogens (tertiary/aromatic N) is 2. The van der Waals surface area contributed by atoms with Crippen molar-refractivity contribution >= 4 is 11.4 Å². The zero-order chi connectivity index (χ0) is 22.0. The summed E-state index contributed by atoms with van der Waals surface area (Å²) in [5, 5.41) is 0. The lowest BCUT2D eigenvalue weighted by Gasteiger charge is -2.26. The van der Waals surface area contributed by atoms with Crippen LogP contribution in [0.1, 0.15) is 5.56 Å². The molecule has 4 rings (SSSR count). The molecule has 1 heterocycles. The van der Waals surface area contributed by atoms with Crippen LogP contribution in [0.15, 0.2) is 103 Å². The quantitative estimate of drug-likeness (QED) is 0.296. The molecule has 0 unspecified atom stereocenters. The number of aromatic nitrogens is 1. The second kappa shape index (κ2) is 10.9. The van der Waals surface area contributed by atoms with Gasteiger partial charge in [0.05, 0.1) is 7.11 Å². The molecule has 0 saturated carbocycles. The lowest BCUT2D eigenvalue weighted by Crippen LogP contribution is -2.17. The predicted octanol–water partition coefficient (Wildman–Crippen LogP) is 5.89. The number of ether oxygens (including phenoxy) is 3. The summed E-state index contributed by atoms with van der Waals surface area (Å²) < 4.78 is 17.3. The molecule has 0 bridgehead atoms. The molecule has 0 fully saturated rings. The van der Waals surface area contributed by atoms with Crippen LogP contribution >= 0.6 is 0 Å². The first-order chi connectivity index (χ1) is 15.8. The first kappa shape index (κ1) is 21.2. The number of rotatable bonds is 10. The van der Waals surface area contributed by atoms with Crippen molar-refractivity contribution in [2.24, 2.45) is 0 Å². The van der Waals surface area contributed by atoms with Crippen LogP contribution in [0.5, 0.6) is 17.2 Å². The minimum Gasteiger partial charge on any atom is -0.493 e. The Balaban J connectivity index is 1.53. The first-order valence-electron chi connectivity index (χ1n) is 10.5. The maximum Gasteiger partial charge on any atom is 0.163 e. The van der Waals surface area contributed by atoms with Gasteiger partial charge in [-0.1, -0.05) is 42.5 Å². The van der Waals surface area contributed by atoms with Crippen molar-refractivity contribution in [1.82, 2.24) is 4.98 Å². The second-order valence-corrected chi connectivity index (χ2v) is 7.13. The molecule has 4 aromatic rings. The highest BCUT2D eigenvalue weighted by Gasteiger charge is 2.14. The van der Waals surface area contributed by atoms with E-state index in [2.05, 4.69) is 28.1 Å². The Morgan fingerprint density at radius 1 is 0.719 bits per heavy atom. The fraction of sp³-hybridized carbons (Fsp3) is 0.148. The summed E-state index contributed by atoms with van der Waals surface area (Å²) in [5.74, 6) is 2.18. The first-order valence-corrected chi connectivity index (χ1v) is 10.5. The van der Waals surface area contributed by atoms with Crippen molar-refractivity contribution < 1.29 is 14.2 Å². The molecule has 5 nitrogen and oxygen atoms in total. The van der Waals surface area contributed by atoms with E-state index in [0.29, 0.717) is 31.3 Å². The SMILES string of the molecule is COc1ccc(N(Cc2cccnc2)c2ccccc2)cc1OCCOc1ccccc1.